The van der Waals surface area contributed by atoms with Crippen LogP contribution in [0.25, 0.3) is 0 Å². The fourth-order valence-electron chi connectivity index (χ4n) is 0. The molecular weight excluding hydrogens is 102 g/mol. The maximum Gasteiger partial charge on any atom is 0.0402 e. The molecule has 3 N–H and O–H groups in total. The molecule has 0 aliphatic rings. The summed E-state index contributed by atoms with van der Waals surface area (Å²) in [6.07, 6.45) is 1.25. The third-order valence-electron chi connectivity index (χ3n) is 0. The quantitative estimate of drug-likeness (QED) is 0.502. The van der Waals surface area contributed by atoms with Crippen molar-refractivity contribution >= 4 is 0 Å². The van der Waals surface area contributed by atoms with Gasteiger partial charge in [0.25, 0.3) is 0 Å². The number of aliphatic hydroxyl groups is 1. The largest absolute Gasteiger partial charge is 0.397 e. The first-order valence-electron chi connectivity index (χ1n) is 3.01. The minimum Gasteiger partial charge on any atom is -0.397 e. The van der Waals surface area contributed by atoms with Crippen LogP contribution in [0.2, 0.25) is 0 Å². The molecule has 0 aliphatic carbocycles. The molecule has 0 atom stereocenters. The molecule has 8 heavy (non-hydrogen) atoms. The lowest BCUT2D eigenvalue weighted by Crippen LogP contribution is -1.69. The molecular formula is C6H19NO. The van der Waals surface area contributed by atoms with Gasteiger partial charge in [0.15, 0.2) is 0 Å². The molecule has 2 heteroatoms. The highest BCUT2D eigenvalue weighted by Crippen LogP contribution is 1.56. The van der Waals surface area contributed by atoms with Crippen molar-refractivity contribution in [2.45, 2.75) is 27.2 Å². The second-order valence-corrected chi connectivity index (χ2v) is 1.02. The Hall–Kier alpha value is -0.0800. The van der Waals surface area contributed by atoms with Crippen molar-refractivity contribution in [2.75, 3.05) is 13.7 Å². The van der Waals surface area contributed by atoms with Gasteiger partial charge in [0.1, 0.15) is 0 Å². The zero-order valence-electron chi connectivity index (χ0n) is 6.44. The fourth-order valence-corrected chi connectivity index (χ4v) is 0. The van der Waals surface area contributed by atoms with E-state index in [2.05, 4.69) is 19.6 Å². The van der Waals surface area contributed by atoms with E-state index in [0.717, 1.165) is 0 Å². The molecule has 0 amide bonds. The van der Waals surface area contributed by atoms with Crippen LogP contribution in [-0.4, -0.2) is 18.8 Å². The number of rotatable bonds is 0. The van der Waals surface area contributed by atoms with Gasteiger partial charge in [-0.25, -0.2) is 0 Å². The second-order valence-electron chi connectivity index (χ2n) is 1.02. The van der Waals surface area contributed by atoms with E-state index in [-0.39, 0.29) is 6.61 Å². The number of nitrogens with two attached hydrogens (primary N) is 1. The van der Waals surface area contributed by atoms with Gasteiger partial charge in [-0.1, -0.05) is 20.3 Å². The van der Waals surface area contributed by atoms with Crippen LogP contribution >= 0.6 is 0 Å². The predicted molar refractivity (Wildman–Crippen MR) is 38.8 cm³/mol. The summed E-state index contributed by atoms with van der Waals surface area (Å²) in [6, 6.07) is 0. The zero-order valence-corrected chi connectivity index (χ0v) is 6.44. The van der Waals surface area contributed by atoms with Crippen LogP contribution in [-0.2, 0) is 0 Å². The van der Waals surface area contributed by atoms with Crippen LogP contribution in [0.5, 0.6) is 0 Å². The Morgan fingerprint density at radius 3 is 1.12 bits per heavy atom. The maximum absolute atomic E-state index is 7.57. The Labute approximate surface area is 52.7 Å². The van der Waals surface area contributed by atoms with E-state index in [4.69, 9.17) is 5.11 Å². The predicted octanol–water partition coefficient (Wildman–Crippen LogP) is 0.990. The lowest BCUT2D eigenvalue weighted by atomic mass is 10.6. The Balaban J connectivity index is -0.0000000483. The normalized spacial score (nSPS) is 5.25. The highest BCUT2D eigenvalue weighted by atomic mass is 16.2. The topological polar surface area (TPSA) is 46.2 Å². The van der Waals surface area contributed by atoms with Crippen LogP contribution in [0.1, 0.15) is 27.2 Å². The molecule has 0 heterocycles. The van der Waals surface area contributed by atoms with Crippen LogP contribution in [0, 0.1) is 0 Å². The average Bonchev–Trinajstić information content (AvgIpc) is 1.75. The molecule has 0 saturated carbocycles. The van der Waals surface area contributed by atoms with Gasteiger partial charge in [0.2, 0.25) is 0 Å². The smallest absolute Gasteiger partial charge is 0.0402 e. The second kappa shape index (κ2) is 65.8. The fraction of sp³-hybridized carbons (Fsp3) is 1.00. The van der Waals surface area contributed by atoms with Crippen molar-refractivity contribution in [3.63, 3.8) is 0 Å². The summed E-state index contributed by atoms with van der Waals surface area (Å²) in [5.41, 5.74) is 4.50. The van der Waals surface area contributed by atoms with Gasteiger partial charge in [0, 0.05) is 6.61 Å². The molecule has 2 nitrogen and oxygen atoms in total. The van der Waals surface area contributed by atoms with Gasteiger partial charge in [-0.15, -0.1) is 0 Å². The summed E-state index contributed by atoms with van der Waals surface area (Å²) in [5, 5.41) is 7.57. The molecule has 0 bridgehead atoms. The summed E-state index contributed by atoms with van der Waals surface area (Å²) in [6.45, 7) is 6.18. The monoisotopic (exact) mass is 121 g/mol. The third kappa shape index (κ3) is 22400. The molecule has 0 rings (SSSR count). The van der Waals surface area contributed by atoms with E-state index in [9.17, 15) is 0 Å². The SMILES string of the molecule is CCC.CCO.CN. The van der Waals surface area contributed by atoms with E-state index in [1.165, 1.54) is 13.5 Å². The first kappa shape index (κ1) is 15.7. The van der Waals surface area contributed by atoms with Crippen LogP contribution in [0.15, 0.2) is 0 Å². The van der Waals surface area contributed by atoms with Crippen molar-refractivity contribution in [3.8, 4) is 0 Å². The van der Waals surface area contributed by atoms with Crippen molar-refractivity contribution in [3.05, 3.63) is 0 Å². The molecule has 0 fully saturated rings. The molecule has 0 spiro atoms. The lowest BCUT2D eigenvalue weighted by molar-refractivity contribution is 0.318. The minimum atomic E-state index is 0.250. The van der Waals surface area contributed by atoms with Crippen LogP contribution in [0.3, 0.4) is 0 Å². The van der Waals surface area contributed by atoms with Crippen LogP contribution < -0.4 is 5.73 Å². The van der Waals surface area contributed by atoms with Crippen molar-refractivity contribution < 1.29 is 5.11 Å². The summed E-state index contributed by atoms with van der Waals surface area (Å²) in [7, 11) is 1.50. The van der Waals surface area contributed by atoms with Gasteiger partial charge in [-0.3, -0.25) is 0 Å². The maximum atomic E-state index is 7.57. The Kier molecular flexibility index (Phi) is 129. The van der Waals surface area contributed by atoms with Gasteiger partial charge in [0.05, 0.1) is 0 Å². The number of hydrogen-bond acceptors (Lipinski definition) is 2. The van der Waals surface area contributed by atoms with Gasteiger partial charge < -0.3 is 10.8 Å². The van der Waals surface area contributed by atoms with Crippen molar-refractivity contribution in [2.24, 2.45) is 5.73 Å². The zero-order chi connectivity index (χ0) is 7.41. The summed E-state index contributed by atoms with van der Waals surface area (Å²) in [5.74, 6) is 0. The first-order valence-corrected chi connectivity index (χ1v) is 3.01. The van der Waals surface area contributed by atoms with E-state index in [0.29, 0.717) is 0 Å². The molecule has 0 radical (unpaired) electrons. The molecule has 0 aliphatic heterocycles. The first-order chi connectivity index (χ1) is 3.83. The van der Waals surface area contributed by atoms with Gasteiger partial charge in [-0.05, 0) is 14.0 Å². The average molecular weight is 121 g/mol. The Bertz CT molecular complexity index is 10.5. The van der Waals surface area contributed by atoms with Crippen molar-refractivity contribution in [1.82, 2.24) is 0 Å². The van der Waals surface area contributed by atoms with E-state index in [1.54, 1.807) is 6.92 Å². The molecule has 0 saturated heterocycles. The minimum absolute atomic E-state index is 0.250. The van der Waals surface area contributed by atoms with Gasteiger partial charge >= 0.3 is 0 Å². The summed E-state index contributed by atoms with van der Waals surface area (Å²) in [4.78, 5) is 0. The highest BCUT2D eigenvalue weighted by molar-refractivity contribution is 3.92. The molecule has 0 aromatic heterocycles. The van der Waals surface area contributed by atoms with Gasteiger partial charge in [-0.2, -0.15) is 0 Å². The lowest BCUT2D eigenvalue weighted by Gasteiger charge is -1.52. The summed E-state index contributed by atoms with van der Waals surface area (Å²) >= 11 is 0. The number of aliphatic hydroxyl groups excluding tert-OH is 1. The highest BCUT2D eigenvalue weighted by Gasteiger charge is 1.35. The molecule has 0 aromatic rings. The molecule has 54 valence electrons. The van der Waals surface area contributed by atoms with Crippen molar-refractivity contribution in [1.29, 1.82) is 0 Å². The molecule has 0 aromatic carbocycles. The van der Waals surface area contributed by atoms with E-state index in [1.807, 2.05) is 0 Å². The number of hydrogen-bond donors (Lipinski definition) is 2. The van der Waals surface area contributed by atoms with Crippen LogP contribution in [0.4, 0.5) is 0 Å². The van der Waals surface area contributed by atoms with E-state index >= 15 is 0 Å². The molecule has 0 unspecified atom stereocenters. The standard InChI is InChI=1S/C3H8.C2H6O.CH5N/c1-3-2;1-2-3;1-2/h3H2,1-2H3;3H,2H2,1H3;2H2,1H3. The Morgan fingerprint density at radius 2 is 1.12 bits per heavy atom. The Morgan fingerprint density at radius 1 is 1.12 bits per heavy atom. The summed E-state index contributed by atoms with van der Waals surface area (Å²) < 4.78 is 0. The van der Waals surface area contributed by atoms with E-state index < -0.39 is 0 Å². The third-order valence-corrected chi connectivity index (χ3v) is 0.